The van der Waals surface area contributed by atoms with Gasteiger partial charge in [0.1, 0.15) is 5.82 Å². The van der Waals surface area contributed by atoms with Crippen molar-refractivity contribution in [2.45, 2.75) is 23.0 Å². The van der Waals surface area contributed by atoms with Crippen LogP contribution < -0.4 is 11.3 Å². The van der Waals surface area contributed by atoms with Crippen molar-refractivity contribution in [2.24, 2.45) is 5.84 Å². The number of hydrogen-bond acceptors (Lipinski definition) is 5. The van der Waals surface area contributed by atoms with Crippen molar-refractivity contribution in [3.05, 3.63) is 18.3 Å². The van der Waals surface area contributed by atoms with E-state index in [1.807, 2.05) is 0 Å². The lowest BCUT2D eigenvalue weighted by Gasteiger charge is -2.05. The molecule has 1 heterocycles. The summed E-state index contributed by atoms with van der Waals surface area (Å²) in [5, 5.41) is 0.0287. The smallest absolute Gasteiger partial charge is 0.139 e. The highest BCUT2D eigenvalue weighted by atomic mass is 32.2. The molecular weight excluding hydrogens is 200 g/mol. The molecule has 0 saturated heterocycles. The highest BCUT2D eigenvalue weighted by Crippen LogP contribution is 2.33. The van der Waals surface area contributed by atoms with Crippen molar-refractivity contribution in [3.63, 3.8) is 0 Å². The summed E-state index contributed by atoms with van der Waals surface area (Å²) in [6.45, 7) is 0. The number of pyridine rings is 1. The summed E-state index contributed by atoms with van der Waals surface area (Å²) in [6.07, 6.45) is 3.24. The van der Waals surface area contributed by atoms with Gasteiger partial charge in [-0.1, -0.05) is 0 Å². The summed E-state index contributed by atoms with van der Waals surface area (Å²) in [5.74, 6) is 5.66. The molecule has 0 aliphatic heterocycles. The summed E-state index contributed by atoms with van der Waals surface area (Å²) in [5.41, 5.74) is 2.39. The number of hydrazine groups is 1. The van der Waals surface area contributed by atoms with Crippen LogP contribution in [0, 0.1) is 4.78 Å². The zero-order valence-electron chi connectivity index (χ0n) is 7.56. The van der Waals surface area contributed by atoms with Crippen LogP contribution in [-0.4, -0.2) is 14.4 Å². The van der Waals surface area contributed by atoms with Crippen LogP contribution in [0.1, 0.15) is 12.8 Å². The SMILES string of the molecule is N=[S@@](=O)(c1ccc(NN)nc1)C1CC1. The van der Waals surface area contributed by atoms with E-state index in [1.165, 1.54) is 6.20 Å². The maximum Gasteiger partial charge on any atom is 0.139 e. The van der Waals surface area contributed by atoms with E-state index in [4.69, 9.17) is 10.6 Å². The second kappa shape index (κ2) is 3.21. The van der Waals surface area contributed by atoms with Crippen LogP contribution in [-0.2, 0) is 9.73 Å². The number of nitrogens with zero attached hydrogens (tertiary/aromatic N) is 1. The van der Waals surface area contributed by atoms with Crippen LogP contribution in [0.3, 0.4) is 0 Å². The zero-order chi connectivity index (χ0) is 10.2. The number of nitrogens with two attached hydrogens (primary N) is 1. The highest BCUT2D eigenvalue weighted by Gasteiger charge is 2.33. The fourth-order valence-corrected chi connectivity index (χ4v) is 2.90. The molecule has 0 aromatic carbocycles. The van der Waals surface area contributed by atoms with Gasteiger partial charge in [-0.15, -0.1) is 0 Å². The van der Waals surface area contributed by atoms with E-state index in [-0.39, 0.29) is 5.25 Å². The molecule has 76 valence electrons. The quantitative estimate of drug-likeness (QED) is 0.513. The molecule has 5 nitrogen and oxygen atoms in total. The minimum atomic E-state index is -2.62. The van der Waals surface area contributed by atoms with Crippen molar-refractivity contribution in [2.75, 3.05) is 5.43 Å². The Hall–Kier alpha value is -1.14. The minimum Gasteiger partial charge on any atom is -0.308 e. The summed E-state index contributed by atoms with van der Waals surface area (Å²) < 4.78 is 19.7. The Morgan fingerprint density at radius 1 is 1.57 bits per heavy atom. The Morgan fingerprint density at radius 3 is 2.71 bits per heavy atom. The second-order valence-corrected chi connectivity index (χ2v) is 5.66. The lowest BCUT2D eigenvalue weighted by Crippen LogP contribution is -2.10. The van der Waals surface area contributed by atoms with Crippen LogP contribution in [0.25, 0.3) is 0 Å². The Morgan fingerprint density at radius 2 is 2.29 bits per heavy atom. The molecule has 1 aromatic rings. The standard InChI is InChI=1S/C8H12N4OS/c9-12-8-4-3-7(5-11-8)14(10,13)6-1-2-6/h3-6,10H,1-2,9H2,(H,11,12)/t14-/m0/s1. The predicted molar refractivity (Wildman–Crippen MR) is 54.2 cm³/mol. The van der Waals surface area contributed by atoms with Crippen molar-refractivity contribution >= 4 is 15.5 Å². The van der Waals surface area contributed by atoms with Gasteiger partial charge in [0, 0.05) is 11.4 Å². The molecule has 0 bridgehead atoms. The van der Waals surface area contributed by atoms with Crippen LogP contribution in [0.4, 0.5) is 5.82 Å². The fourth-order valence-electron chi connectivity index (χ4n) is 1.24. The summed E-state index contributed by atoms with van der Waals surface area (Å²) in [7, 11) is -2.62. The summed E-state index contributed by atoms with van der Waals surface area (Å²) in [6, 6.07) is 3.28. The molecule has 14 heavy (non-hydrogen) atoms. The topological polar surface area (TPSA) is 91.9 Å². The van der Waals surface area contributed by atoms with Gasteiger partial charge in [-0.3, -0.25) is 0 Å². The predicted octanol–water partition coefficient (Wildman–Crippen LogP) is 0.935. The molecule has 0 spiro atoms. The second-order valence-electron chi connectivity index (χ2n) is 3.32. The van der Waals surface area contributed by atoms with E-state index in [0.29, 0.717) is 10.7 Å². The van der Waals surface area contributed by atoms with E-state index in [1.54, 1.807) is 12.1 Å². The average molecular weight is 212 g/mol. The molecule has 0 unspecified atom stereocenters. The lowest BCUT2D eigenvalue weighted by molar-refractivity contribution is 0.673. The minimum absolute atomic E-state index is 0.0287. The summed E-state index contributed by atoms with van der Waals surface area (Å²) >= 11 is 0. The monoisotopic (exact) mass is 212 g/mol. The van der Waals surface area contributed by atoms with Crippen molar-refractivity contribution in [1.82, 2.24) is 4.98 Å². The first-order valence-electron chi connectivity index (χ1n) is 4.35. The molecule has 1 aliphatic rings. The van der Waals surface area contributed by atoms with Crippen LogP contribution in [0.15, 0.2) is 23.2 Å². The third kappa shape index (κ3) is 1.58. The Kier molecular flexibility index (Phi) is 2.16. The van der Waals surface area contributed by atoms with Crippen molar-refractivity contribution in [1.29, 1.82) is 4.78 Å². The molecule has 1 aliphatic carbocycles. The van der Waals surface area contributed by atoms with Gasteiger partial charge in [-0.05, 0) is 25.0 Å². The van der Waals surface area contributed by atoms with E-state index < -0.39 is 9.73 Å². The maximum absolute atomic E-state index is 11.9. The zero-order valence-corrected chi connectivity index (χ0v) is 8.38. The van der Waals surface area contributed by atoms with Crippen molar-refractivity contribution in [3.8, 4) is 0 Å². The van der Waals surface area contributed by atoms with E-state index in [2.05, 4.69) is 10.4 Å². The maximum atomic E-state index is 11.9. The third-order valence-corrected chi connectivity index (χ3v) is 4.58. The third-order valence-electron chi connectivity index (χ3n) is 2.23. The number of hydrogen-bond donors (Lipinski definition) is 3. The normalized spacial score (nSPS) is 20.1. The van der Waals surface area contributed by atoms with Crippen LogP contribution >= 0.6 is 0 Å². The Bertz CT molecular complexity index is 421. The first-order valence-corrected chi connectivity index (χ1v) is 5.97. The molecule has 6 heteroatoms. The van der Waals surface area contributed by atoms with Gasteiger partial charge in [0.25, 0.3) is 0 Å². The molecule has 1 atom stereocenters. The van der Waals surface area contributed by atoms with E-state index in [9.17, 15) is 4.21 Å². The summed E-state index contributed by atoms with van der Waals surface area (Å²) in [4.78, 5) is 4.44. The fraction of sp³-hybridized carbons (Fsp3) is 0.375. The van der Waals surface area contributed by atoms with Crippen molar-refractivity contribution < 1.29 is 4.21 Å². The van der Waals surface area contributed by atoms with E-state index >= 15 is 0 Å². The molecule has 4 N–H and O–H groups in total. The lowest BCUT2D eigenvalue weighted by atomic mass is 10.5. The van der Waals surface area contributed by atoms with Gasteiger partial charge in [-0.2, -0.15) is 0 Å². The van der Waals surface area contributed by atoms with Gasteiger partial charge in [0.2, 0.25) is 0 Å². The number of anilines is 1. The average Bonchev–Trinajstić information content (AvgIpc) is 3.01. The largest absolute Gasteiger partial charge is 0.308 e. The first-order chi connectivity index (χ1) is 6.64. The number of rotatable bonds is 3. The van der Waals surface area contributed by atoms with Gasteiger partial charge in [-0.25, -0.2) is 19.8 Å². The van der Waals surface area contributed by atoms with Crippen LogP contribution in [0.5, 0.6) is 0 Å². The molecular formula is C8H12N4OS. The number of nitrogen functional groups attached to an aromatic ring is 1. The molecule has 0 radical (unpaired) electrons. The van der Waals surface area contributed by atoms with Crippen LogP contribution in [0.2, 0.25) is 0 Å². The van der Waals surface area contributed by atoms with Gasteiger partial charge in [0.15, 0.2) is 0 Å². The number of nitrogens with one attached hydrogen (secondary N) is 2. The van der Waals surface area contributed by atoms with Gasteiger partial charge in [0.05, 0.1) is 14.6 Å². The molecule has 0 amide bonds. The van der Waals surface area contributed by atoms with Gasteiger partial charge >= 0.3 is 0 Å². The number of aromatic nitrogens is 1. The molecule has 1 fully saturated rings. The first kappa shape index (κ1) is 9.42. The molecule has 2 rings (SSSR count). The molecule has 1 aromatic heterocycles. The van der Waals surface area contributed by atoms with E-state index in [0.717, 1.165) is 12.8 Å². The Labute approximate surface area is 82.7 Å². The molecule has 1 saturated carbocycles. The highest BCUT2D eigenvalue weighted by molar-refractivity contribution is 7.93. The Balaban J connectivity index is 2.33. The van der Waals surface area contributed by atoms with Gasteiger partial charge < -0.3 is 5.43 Å².